The summed E-state index contributed by atoms with van der Waals surface area (Å²) in [4.78, 5) is 0. The number of halogens is 2. The summed E-state index contributed by atoms with van der Waals surface area (Å²) >= 11 is 2.16. The summed E-state index contributed by atoms with van der Waals surface area (Å²) in [5.41, 5.74) is 7.93. The molecule has 1 aliphatic carbocycles. The van der Waals surface area contributed by atoms with Crippen LogP contribution in [0.15, 0.2) is 95.6 Å². The monoisotopic (exact) mass is 585 g/mol. The van der Waals surface area contributed by atoms with Crippen LogP contribution in [0.4, 0.5) is 0 Å². The van der Waals surface area contributed by atoms with E-state index in [4.69, 9.17) is 4.74 Å². The molecule has 1 aliphatic rings. The maximum absolute atomic E-state index is 9.41. The summed E-state index contributed by atoms with van der Waals surface area (Å²) in [6.07, 6.45) is 3.36. The molecule has 0 saturated heterocycles. The Balaban J connectivity index is 0.000000538. The van der Waals surface area contributed by atoms with Gasteiger partial charge in [0.05, 0.1) is 7.11 Å². The Labute approximate surface area is 254 Å². The Kier molecular flexibility index (Phi) is 15.9. The van der Waals surface area contributed by atoms with Crippen molar-refractivity contribution in [3.05, 3.63) is 118 Å². The van der Waals surface area contributed by atoms with E-state index in [0.717, 1.165) is 5.56 Å². The van der Waals surface area contributed by atoms with Gasteiger partial charge in [-0.3, -0.25) is 6.08 Å². The van der Waals surface area contributed by atoms with Crippen LogP contribution in [0, 0.1) is 12.0 Å². The third-order valence-corrected chi connectivity index (χ3v) is 7.26. The molecule has 3 aromatic rings. The van der Waals surface area contributed by atoms with Crippen molar-refractivity contribution in [1.29, 1.82) is 0 Å². The van der Waals surface area contributed by atoms with Crippen LogP contribution < -0.4 is 29.6 Å². The van der Waals surface area contributed by atoms with Gasteiger partial charge < -0.3 is 34.7 Å². The van der Waals surface area contributed by atoms with E-state index in [-0.39, 0.29) is 36.0 Å². The Morgan fingerprint density at radius 2 is 1.32 bits per heavy atom. The van der Waals surface area contributed by atoms with Gasteiger partial charge in [-0.05, 0) is 23.1 Å². The number of rotatable bonds is 3. The van der Waals surface area contributed by atoms with Crippen LogP contribution in [0.25, 0.3) is 0 Å². The number of hydrogen-bond acceptors (Lipinski definition) is 2. The number of allylic oxidation sites excluding steroid dienone is 4. The Bertz CT molecular complexity index is 1170. The Hall–Kier alpha value is -2.10. The quantitative estimate of drug-likeness (QED) is 0.377. The number of phenolic OH excluding ortho intramolecular Hbond substituents is 1. The van der Waals surface area contributed by atoms with Crippen molar-refractivity contribution in [2.24, 2.45) is 5.92 Å². The number of hydrogen-bond donors (Lipinski definition) is 1. The molecule has 0 radical (unpaired) electrons. The normalized spacial score (nSPS) is 13.9. The topological polar surface area (TPSA) is 29.5 Å². The zero-order chi connectivity index (χ0) is 26.9. The van der Waals surface area contributed by atoms with E-state index in [2.05, 4.69) is 123 Å². The molecule has 5 heteroatoms. The zero-order valence-electron chi connectivity index (χ0n) is 23.7. The van der Waals surface area contributed by atoms with Crippen molar-refractivity contribution in [2.75, 3.05) is 7.11 Å². The molecule has 0 aromatic heterocycles. The molecule has 0 bridgehead atoms. The van der Waals surface area contributed by atoms with Crippen molar-refractivity contribution in [3.63, 3.8) is 0 Å². The predicted octanol–water partition coefficient (Wildman–Crippen LogP) is 2.23. The van der Waals surface area contributed by atoms with Gasteiger partial charge in [0.25, 0.3) is 0 Å². The molecule has 0 aliphatic heterocycles. The number of benzene rings is 3. The van der Waals surface area contributed by atoms with Gasteiger partial charge in [-0.1, -0.05) is 47.5 Å². The molecule has 1 N–H and O–H groups in total. The van der Waals surface area contributed by atoms with Crippen LogP contribution in [0.5, 0.6) is 11.5 Å². The molecular weight excluding hydrogens is 547 g/mol. The van der Waals surface area contributed by atoms with Gasteiger partial charge in [-0.15, -0.1) is 6.92 Å². The fourth-order valence-electron chi connectivity index (χ4n) is 3.67. The second-order valence-corrected chi connectivity index (χ2v) is 10.9. The standard InChI is InChI=1S/C13H10.C11H16O2.C9H13.2ClH.Ti/c1-3-7-12(8-4-1)11-13-9-5-2-6-10-13;1-11(2,3)8-5-9(12)7-10(6-8)13-4;1-6-5-7(2)9(4)8(6)3;;;/h1-10H;5-7,12H,1-4H3;6H,1-4H3;2*1H;/q;;-1;;;+1/p-2. The third-order valence-electron chi connectivity index (χ3n) is 6.35. The molecule has 0 fully saturated rings. The number of phenols is 1. The minimum atomic E-state index is 0. The Morgan fingerprint density at radius 3 is 1.63 bits per heavy atom. The summed E-state index contributed by atoms with van der Waals surface area (Å²) in [5, 5.41) is 9.41. The van der Waals surface area contributed by atoms with Gasteiger partial charge in [-0.25, -0.2) is 5.57 Å². The van der Waals surface area contributed by atoms with Crippen LogP contribution in [0.2, 0.25) is 0 Å². The van der Waals surface area contributed by atoms with Gasteiger partial charge in [0.1, 0.15) is 11.5 Å². The average Bonchev–Trinajstić information content (AvgIpc) is 3.09. The van der Waals surface area contributed by atoms with Crippen molar-refractivity contribution in [1.82, 2.24) is 0 Å². The average molecular weight is 586 g/mol. The van der Waals surface area contributed by atoms with Crippen LogP contribution in [-0.2, 0) is 25.4 Å². The summed E-state index contributed by atoms with van der Waals surface area (Å²) in [7, 11) is 1.60. The van der Waals surface area contributed by atoms with E-state index in [1.54, 1.807) is 19.2 Å². The molecule has 1 atom stereocenters. The molecule has 0 saturated carbocycles. The number of ether oxygens (including phenoxy) is 1. The first-order chi connectivity index (χ1) is 16.9. The molecule has 4 rings (SSSR count). The van der Waals surface area contributed by atoms with E-state index in [9.17, 15) is 5.11 Å². The minimum absolute atomic E-state index is 0. The molecule has 1 unspecified atom stereocenters. The summed E-state index contributed by atoms with van der Waals surface area (Å²) in [6, 6.07) is 26.3. The molecule has 0 spiro atoms. The Morgan fingerprint density at radius 1 is 0.842 bits per heavy atom. The van der Waals surface area contributed by atoms with Crippen LogP contribution in [0.3, 0.4) is 0 Å². The van der Waals surface area contributed by atoms with Crippen molar-refractivity contribution < 1.29 is 54.6 Å². The fourth-order valence-corrected chi connectivity index (χ4v) is 4.19. The number of methoxy groups -OCH3 is 1. The molecule has 38 heavy (non-hydrogen) atoms. The molecule has 203 valence electrons. The molecule has 3 aromatic carbocycles. The van der Waals surface area contributed by atoms with Gasteiger partial charge in [0.2, 0.25) is 0 Å². The second-order valence-electron chi connectivity index (χ2n) is 10.1. The SMILES string of the molecule is CC1=[C-]C(C)C(C)=C1C.COc1cc(O)cc(C(C)(C)C)c1.[Cl-].[Cl-].[Ti+]=[C](c1ccccc1)c1ccccc1. The second kappa shape index (κ2) is 16.8. The van der Waals surface area contributed by atoms with E-state index in [1.165, 1.54) is 31.7 Å². The van der Waals surface area contributed by atoms with Gasteiger partial charge >= 0.3 is 95.6 Å². The van der Waals surface area contributed by atoms with Gasteiger partial charge in [0, 0.05) is 6.07 Å². The maximum atomic E-state index is 9.41. The first kappa shape index (κ1) is 35.9. The van der Waals surface area contributed by atoms with Gasteiger partial charge in [0.15, 0.2) is 0 Å². The molecule has 0 amide bonds. The van der Waals surface area contributed by atoms with Crippen molar-refractivity contribution in [3.8, 4) is 11.5 Å². The van der Waals surface area contributed by atoms with Crippen molar-refractivity contribution >= 4 is 3.81 Å². The first-order valence-electron chi connectivity index (χ1n) is 12.3. The zero-order valence-corrected chi connectivity index (χ0v) is 26.8. The van der Waals surface area contributed by atoms with E-state index >= 15 is 0 Å². The van der Waals surface area contributed by atoms with E-state index in [1.807, 2.05) is 18.2 Å². The summed E-state index contributed by atoms with van der Waals surface area (Å²) in [6.45, 7) is 15.0. The van der Waals surface area contributed by atoms with Crippen molar-refractivity contribution in [2.45, 2.75) is 53.9 Å². The summed E-state index contributed by atoms with van der Waals surface area (Å²) < 4.78 is 6.40. The first-order valence-corrected chi connectivity index (χ1v) is 13.1. The van der Waals surface area contributed by atoms with Gasteiger partial charge in [-0.2, -0.15) is 11.1 Å². The third kappa shape index (κ3) is 10.9. The molecule has 2 nitrogen and oxygen atoms in total. The van der Waals surface area contributed by atoms with E-state index < -0.39 is 0 Å². The van der Waals surface area contributed by atoms with E-state index in [0.29, 0.717) is 11.7 Å². The molecule has 0 heterocycles. The van der Waals surface area contributed by atoms with Crippen LogP contribution >= 0.6 is 0 Å². The summed E-state index contributed by atoms with van der Waals surface area (Å²) in [5.74, 6) is 1.51. The predicted molar refractivity (Wildman–Crippen MR) is 149 cm³/mol. The van der Waals surface area contributed by atoms with Crippen LogP contribution in [0.1, 0.15) is 65.2 Å². The molecular formula is C33H39Cl2O2Ti-2. The number of aromatic hydroxyl groups is 1. The fraction of sp³-hybridized carbons (Fsp3) is 0.303. The van der Waals surface area contributed by atoms with Crippen LogP contribution in [-0.4, -0.2) is 16.0 Å².